The molecule has 2 bridgehead atoms. The average Bonchev–Trinajstić information content (AvgIpc) is 2.88. The largest absolute Gasteiger partial charge is 0.482 e. The van der Waals surface area contributed by atoms with Gasteiger partial charge in [0.2, 0.25) is 0 Å². The maximum atomic E-state index is 7.42. The summed E-state index contributed by atoms with van der Waals surface area (Å²) < 4.78 is 72.8. The van der Waals surface area contributed by atoms with E-state index in [0.717, 1.165) is 51.4 Å². The highest BCUT2D eigenvalue weighted by molar-refractivity contribution is 6.95. The summed E-state index contributed by atoms with van der Waals surface area (Å²) in [4.78, 5) is 0. The zero-order chi connectivity index (χ0) is 27.0. The summed E-state index contributed by atoms with van der Waals surface area (Å²) in [5.74, 6) is 0. The number of rotatable bonds is 6. The van der Waals surface area contributed by atoms with Crippen molar-refractivity contribution in [3.63, 3.8) is 0 Å². The molecule has 0 aromatic heterocycles. The van der Waals surface area contributed by atoms with Gasteiger partial charge in [0.15, 0.2) is 0 Å². The van der Waals surface area contributed by atoms with Gasteiger partial charge >= 0.3 is 52.8 Å². The summed E-state index contributed by atoms with van der Waals surface area (Å²) in [6.45, 7) is 7.45. The third kappa shape index (κ3) is 6.52. The van der Waals surface area contributed by atoms with Gasteiger partial charge in [-0.3, -0.25) is 0 Å². The Labute approximate surface area is 228 Å². The lowest BCUT2D eigenvalue weighted by molar-refractivity contribution is 0.0102. The van der Waals surface area contributed by atoms with Gasteiger partial charge in [-0.2, -0.15) is 0 Å². The molecule has 4 atom stereocenters. The molecule has 11 nitrogen and oxygen atoms in total. The first-order valence-corrected chi connectivity index (χ1v) is 26.0. The first-order chi connectivity index (χ1) is 17.4. The van der Waals surface area contributed by atoms with Crippen LogP contribution in [0, 0.1) is 0 Å². The van der Waals surface area contributed by atoms with E-state index in [1.165, 1.54) is 12.8 Å². The second-order valence-electron chi connectivity index (χ2n) is 10.9. The predicted octanol–water partition coefficient (Wildman–Crippen LogP) is 4.54. The van der Waals surface area contributed by atoms with E-state index < -0.39 is 52.8 Å². The van der Waals surface area contributed by atoms with Crippen molar-refractivity contribution >= 4 is 52.8 Å². The molecule has 4 fully saturated rings. The van der Waals surface area contributed by atoms with Gasteiger partial charge in [0.05, 0.1) is 0 Å². The minimum Gasteiger partial charge on any atom is -0.378 e. The van der Waals surface area contributed by atoms with Gasteiger partial charge in [0, 0.05) is 65.7 Å². The third-order valence-electron chi connectivity index (χ3n) is 8.03. The van der Waals surface area contributed by atoms with Gasteiger partial charge in [0.1, 0.15) is 0 Å². The summed E-state index contributed by atoms with van der Waals surface area (Å²) in [7, 11) is -14.3. The Bertz CT molecular complexity index is 692. The van der Waals surface area contributed by atoms with Gasteiger partial charge in [0.25, 0.3) is 0 Å². The van der Waals surface area contributed by atoms with E-state index in [0.29, 0.717) is 0 Å². The van der Waals surface area contributed by atoms with Crippen LogP contribution in [0.15, 0.2) is 0 Å². The van der Waals surface area contributed by atoms with Crippen LogP contribution in [-0.4, -0.2) is 81.3 Å². The molecule has 0 aromatic carbocycles. The van der Waals surface area contributed by atoms with Crippen LogP contribution in [0.4, 0.5) is 0 Å². The molecule has 17 heteroatoms. The Morgan fingerprint density at radius 2 is 0.676 bits per heavy atom. The van der Waals surface area contributed by atoms with E-state index in [4.69, 9.17) is 46.5 Å². The van der Waals surface area contributed by atoms with Gasteiger partial charge in [-0.15, -0.1) is 0 Å². The van der Waals surface area contributed by atoms with Crippen molar-refractivity contribution in [2.75, 3.05) is 28.4 Å². The molecule has 0 aromatic rings. The molecule has 2 saturated carbocycles. The lowest BCUT2D eigenvalue weighted by Gasteiger charge is -2.56. The van der Waals surface area contributed by atoms with Crippen LogP contribution in [0.2, 0.25) is 37.3 Å². The Morgan fingerprint density at radius 1 is 0.405 bits per heavy atom. The fourth-order valence-electron chi connectivity index (χ4n) is 5.86. The Kier molecular flexibility index (Phi) is 9.68. The molecular formula is C20H46O11Si6. The van der Waals surface area contributed by atoms with Crippen LogP contribution in [0.3, 0.4) is 0 Å². The number of fused-ring (bicyclic) bond motifs is 2. The van der Waals surface area contributed by atoms with E-state index in [9.17, 15) is 0 Å². The van der Waals surface area contributed by atoms with Crippen molar-refractivity contribution in [3.8, 4) is 0 Å². The Morgan fingerprint density at radius 3 is 0.919 bits per heavy atom. The Balaban J connectivity index is 1.94. The maximum Gasteiger partial charge on any atom is 0.482 e. The summed E-state index contributed by atoms with van der Waals surface area (Å²) in [5.41, 5.74) is 0.0596. The van der Waals surface area contributed by atoms with E-state index in [-0.39, 0.29) is 11.1 Å². The van der Waals surface area contributed by atoms with E-state index >= 15 is 0 Å². The topological polar surface area (TPSA) is 102 Å². The highest BCUT2D eigenvalue weighted by Gasteiger charge is 2.74. The molecule has 2 aliphatic carbocycles. The molecule has 0 N–H and O–H groups in total. The van der Waals surface area contributed by atoms with Crippen molar-refractivity contribution < 1.29 is 46.5 Å². The quantitative estimate of drug-likeness (QED) is 0.387. The van der Waals surface area contributed by atoms with Crippen LogP contribution < -0.4 is 0 Å². The molecule has 2 heterocycles. The van der Waals surface area contributed by atoms with E-state index in [1.807, 2.05) is 26.2 Å². The van der Waals surface area contributed by atoms with E-state index in [2.05, 4.69) is 0 Å². The zero-order valence-corrected chi connectivity index (χ0v) is 29.7. The summed E-state index contributed by atoms with van der Waals surface area (Å²) in [5, 5.41) is 0. The molecular weight excluding hydrogens is 585 g/mol. The van der Waals surface area contributed by atoms with Crippen molar-refractivity contribution in [2.24, 2.45) is 0 Å². The number of hydrogen-bond donors (Lipinski definition) is 0. The van der Waals surface area contributed by atoms with E-state index in [1.54, 1.807) is 28.4 Å². The van der Waals surface area contributed by atoms with Crippen LogP contribution in [0.1, 0.15) is 64.2 Å². The van der Waals surface area contributed by atoms with Crippen molar-refractivity contribution in [2.45, 2.75) is 101 Å². The zero-order valence-electron chi connectivity index (χ0n) is 23.7. The normalized spacial score (nSPS) is 47.0. The molecule has 0 radical (unpaired) electrons. The van der Waals surface area contributed by atoms with Crippen molar-refractivity contribution in [3.05, 3.63) is 0 Å². The van der Waals surface area contributed by atoms with Crippen LogP contribution >= 0.6 is 0 Å². The summed E-state index contributed by atoms with van der Waals surface area (Å²) in [6.07, 6.45) is 10.3. The van der Waals surface area contributed by atoms with Gasteiger partial charge in [-0.25, -0.2) is 0 Å². The summed E-state index contributed by atoms with van der Waals surface area (Å²) >= 11 is 0. The van der Waals surface area contributed by atoms with Crippen LogP contribution in [-0.2, 0) is 46.5 Å². The predicted molar refractivity (Wildman–Crippen MR) is 147 cm³/mol. The monoisotopic (exact) mass is 630 g/mol. The number of hydrogen-bond acceptors (Lipinski definition) is 11. The molecule has 4 unspecified atom stereocenters. The molecule has 4 aliphatic rings. The lowest BCUT2D eigenvalue weighted by atomic mass is 10.0. The standard InChI is InChI=1S/C20H46O11Si6/c1-21-32(5)25-33(6,22-2)28-37(20-17-13-10-14-18-20)30-35(8,24-4)26-34(7,23-3)29-36(27-32,31-37)19-15-11-9-12-16-19/h19-20H,9-18H2,1-8H3. The van der Waals surface area contributed by atoms with Crippen molar-refractivity contribution in [1.82, 2.24) is 0 Å². The molecule has 4 rings (SSSR count). The minimum atomic E-state index is -3.65. The first kappa shape index (κ1) is 30.8. The molecule has 0 spiro atoms. The molecule has 216 valence electrons. The lowest BCUT2D eigenvalue weighted by Crippen LogP contribution is -2.79. The second kappa shape index (κ2) is 11.6. The molecule has 2 aliphatic heterocycles. The van der Waals surface area contributed by atoms with Crippen LogP contribution in [0.25, 0.3) is 0 Å². The summed E-state index contributed by atoms with van der Waals surface area (Å²) in [6, 6.07) is 0. The molecule has 0 amide bonds. The third-order valence-corrected chi connectivity index (χ3v) is 32.8. The minimum absolute atomic E-state index is 0.0298. The van der Waals surface area contributed by atoms with Gasteiger partial charge in [-0.1, -0.05) is 38.5 Å². The highest BCUT2D eigenvalue weighted by atomic mass is 28.6. The fourth-order valence-corrected chi connectivity index (χ4v) is 35.4. The van der Waals surface area contributed by atoms with Gasteiger partial charge < -0.3 is 46.5 Å². The Hall–Kier alpha value is 0.861. The van der Waals surface area contributed by atoms with Gasteiger partial charge in [-0.05, 0) is 25.7 Å². The highest BCUT2D eigenvalue weighted by Crippen LogP contribution is 2.51. The molecule has 37 heavy (non-hydrogen) atoms. The second-order valence-corrected chi connectivity index (χ2v) is 29.2. The fraction of sp³-hybridized carbons (Fsp3) is 1.00. The van der Waals surface area contributed by atoms with Crippen LogP contribution in [0.5, 0.6) is 0 Å². The smallest absolute Gasteiger partial charge is 0.378 e. The maximum absolute atomic E-state index is 7.42. The first-order valence-electron chi connectivity index (χ1n) is 13.5. The van der Waals surface area contributed by atoms with Crippen molar-refractivity contribution in [1.29, 1.82) is 0 Å². The SMILES string of the molecule is CO[Si]1(C)O[Si](C)(OC)O[Si]2(C3CCCCC3)O[Si](C)(OC)O[Si](C)(OC)O[Si](C3CCCCC3)(O1)O2. The average molecular weight is 631 g/mol. The molecule has 2 saturated heterocycles.